The largest absolute Gasteiger partial charge is 0.472 e. The summed E-state index contributed by atoms with van der Waals surface area (Å²) in [4.78, 5) is 0. The minimum absolute atomic E-state index is 0.289. The molecule has 1 saturated heterocycles. The van der Waals surface area contributed by atoms with E-state index in [1.807, 2.05) is 6.26 Å². The zero-order valence-corrected chi connectivity index (χ0v) is 11.5. The van der Waals surface area contributed by atoms with E-state index >= 15 is 0 Å². The van der Waals surface area contributed by atoms with E-state index in [9.17, 15) is 0 Å². The molecule has 0 bridgehead atoms. The third-order valence-corrected chi connectivity index (χ3v) is 4.10. The average Bonchev–Trinajstić information content (AvgIpc) is 2.94. The van der Waals surface area contributed by atoms with Crippen LogP contribution in [0.25, 0.3) is 0 Å². The summed E-state index contributed by atoms with van der Waals surface area (Å²) in [6, 6.07) is 2.07. The highest BCUT2D eigenvalue weighted by Crippen LogP contribution is 2.28. The minimum atomic E-state index is 0.289. The maximum Gasteiger partial charge on any atom is 0.0938 e. The Kier molecular flexibility index (Phi) is 5.26. The van der Waals surface area contributed by atoms with Gasteiger partial charge in [-0.05, 0) is 30.5 Å². The number of piperidine rings is 1. The Labute approximate surface area is 110 Å². The molecule has 0 amide bonds. The average molecular weight is 251 g/mol. The molecule has 0 aromatic carbocycles. The molecule has 0 aliphatic carbocycles. The van der Waals surface area contributed by atoms with E-state index in [0.717, 1.165) is 26.1 Å². The fourth-order valence-corrected chi connectivity index (χ4v) is 2.66. The van der Waals surface area contributed by atoms with Crippen molar-refractivity contribution in [1.29, 1.82) is 0 Å². The lowest BCUT2D eigenvalue weighted by Crippen LogP contribution is -2.41. The molecule has 0 saturated carbocycles. The zero-order chi connectivity index (χ0) is 12.8. The molecule has 0 radical (unpaired) electrons. The van der Waals surface area contributed by atoms with Crippen molar-refractivity contribution in [2.75, 3.05) is 19.7 Å². The Balaban J connectivity index is 1.92. The third-order valence-electron chi connectivity index (χ3n) is 4.10. The second kappa shape index (κ2) is 6.95. The van der Waals surface area contributed by atoms with Crippen molar-refractivity contribution < 1.29 is 9.15 Å². The van der Waals surface area contributed by atoms with Crippen molar-refractivity contribution in [3.8, 4) is 0 Å². The summed E-state index contributed by atoms with van der Waals surface area (Å²) in [5, 5.41) is 3.43. The van der Waals surface area contributed by atoms with Crippen LogP contribution in [0.1, 0.15) is 44.6 Å². The zero-order valence-electron chi connectivity index (χ0n) is 11.5. The Morgan fingerprint density at radius 3 is 2.94 bits per heavy atom. The van der Waals surface area contributed by atoms with Crippen molar-refractivity contribution in [2.24, 2.45) is 5.92 Å². The van der Waals surface area contributed by atoms with Gasteiger partial charge in [0.1, 0.15) is 0 Å². The monoisotopic (exact) mass is 251 g/mol. The second-order valence-corrected chi connectivity index (χ2v) is 5.21. The van der Waals surface area contributed by atoms with Gasteiger partial charge in [-0.15, -0.1) is 0 Å². The standard InChI is InChI=1S/C15H25NO2/c1-3-12(4-2)10-18-15-9-16-7-5-14(15)13-6-8-17-11-13/h6,8,11-12,14-16H,3-5,7,9-10H2,1-2H3/t14-,15-/m1/s1. The summed E-state index contributed by atoms with van der Waals surface area (Å²) >= 11 is 0. The van der Waals surface area contributed by atoms with Crippen LogP contribution in [0.5, 0.6) is 0 Å². The van der Waals surface area contributed by atoms with Gasteiger partial charge in [0.25, 0.3) is 0 Å². The van der Waals surface area contributed by atoms with Gasteiger partial charge in [0, 0.05) is 19.1 Å². The molecule has 0 spiro atoms. The van der Waals surface area contributed by atoms with Gasteiger partial charge in [-0.1, -0.05) is 26.7 Å². The van der Waals surface area contributed by atoms with Crippen molar-refractivity contribution >= 4 is 0 Å². The fourth-order valence-electron chi connectivity index (χ4n) is 2.66. The summed E-state index contributed by atoms with van der Waals surface area (Å²) in [5.74, 6) is 1.18. The highest BCUT2D eigenvalue weighted by molar-refractivity contribution is 5.15. The van der Waals surface area contributed by atoms with Gasteiger partial charge < -0.3 is 14.5 Å². The summed E-state index contributed by atoms with van der Waals surface area (Å²) < 4.78 is 11.4. The van der Waals surface area contributed by atoms with Gasteiger partial charge in [0.15, 0.2) is 0 Å². The van der Waals surface area contributed by atoms with E-state index in [-0.39, 0.29) is 6.10 Å². The SMILES string of the molecule is CCC(CC)CO[C@@H]1CNCC[C@@H]1c1ccoc1. The van der Waals surface area contributed by atoms with Crippen LogP contribution < -0.4 is 5.32 Å². The van der Waals surface area contributed by atoms with Gasteiger partial charge >= 0.3 is 0 Å². The maximum absolute atomic E-state index is 6.16. The number of rotatable bonds is 6. The number of ether oxygens (including phenoxy) is 1. The van der Waals surface area contributed by atoms with Gasteiger partial charge in [-0.25, -0.2) is 0 Å². The Bertz CT molecular complexity index is 319. The first-order valence-corrected chi connectivity index (χ1v) is 7.19. The fraction of sp³-hybridized carbons (Fsp3) is 0.733. The number of hydrogen-bond acceptors (Lipinski definition) is 3. The van der Waals surface area contributed by atoms with Gasteiger partial charge in [-0.2, -0.15) is 0 Å². The first kappa shape index (κ1) is 13.6. The molecule has 3 heteroatoms. The van der Waals surface area contributed by atoms with Crippen molar-refractivity contribution in [3.63, 3.8) is 0 Å². The molecule has 1 aromatic rings. The summed E-state index contributed by atoms with van der Waals surface area (Å²) in [7, 11) is 0. The first-order valence-electron chi connectivity index (χ1n) is 7.19. The number of nitrogens with one attached hydrogen (secondary N) is 1. The highest BCUT2D eigenvalue weighted by atomic mass is 16.5. The van der Waals surface area contributed by atoms with Crippen LogP contribution in [-0.4, -0.2) is 25.8 Å². The molecule has 1 N–H and O–H groups in total. The third kappa shape index (κ3) is 3.36. The van der Waals surface area contributed by atoms with Crippen LogP contribution in [0.4, 0.5) is 0 Å². The molecule has 2 heterocycles. The molecule has 1 aliphatic rings. The molecular weight excluding hydrogens is 226 g/mol. The highest BCUT2D eigenvalue weighted by Gasteiger charge is 2.28. The van der Waals surface area contributed by atoms with Crippen molar-refractivity contribution in [2.45, 2.75) is 45.1 Å². The lowest BCUT2D eigenvalue weighted by molar-refractivity contribution is 0.000835. The Morgan fingerprint density at radius 1 is 1.44 bits per heavy atom. The molecule has 1 aromatic heterocycles. The Hall–Kier alpha value is -0.800. The van der Waals surface area contributed by atoms with Crippen molar-refractivity contribution in [3.05, 3.63) is 24.2 Å². The molecule has 102 valence electrons. The van der Waals surface area contributed by atoms with E-state index in [0.29, 0.717) is 11.8 Å². The van der Waals surface area contributed by atoms with E-state index in [1.165, 1.54) is 18.4 Å². The second-order valence-electron chi connectivity index (χ2n) is 5.21. The number of hydrogen-bond donors (Lipinski definition) is 1. The van der Waals surface area contributed by atoms with Crippen LogP contribution in [0.15, 0.2) is 23.0 Å². The van der Waals surface area contributed by atoms with Gasteiger partial charge in [0.05, 0.1) is 18.6 Å². The molecule has 2 atom stereocenters. The van der Waals surface area contributed by atoms with Crippen LogP contribution in [-0.2, 0) is 4.74 Å². The number of furan rings is 1. The van der Waals surface area contributed by atoms with Gasteiger partial charge in [0.2, 0.25) is 0 Å². The lowest BCUT2D eigenvalue weighted by Gasteiger charge is -2.32. The normalized spacial score (nSPS) is 24.6. The smallest absolute Gasteiger partial charge is 0.0938 e. The predicted octanol–water partition coefficient (Wildman–Crippen LogP) is 3.18. The summed E-state index contributed by atoms with van der Waals surface area (Å²) in [5.41, 5.74) is 1.28. The molecule has 1 fully saturated rings. The molecule has 18 heavy (non-hydrogen) atoms. The molecule has 3 nitrogen and oxygen atoms in total. The van der Waals surface area contributed by atoms with Crippen LogP contribution in [0.3, 0.4) is 0 Å². The molecular formula is C15H25NO2. The lowest BCUT2D eigenvalue weighted by atomic mass is 9.89. The van der Waals surface area contributed by atoms with Crippen LogP contribution >= 0.6 is 0 Å². The molecule has 1 aliphatic heterocycles. The maximum atomic E-state index is 6.16. The topological polar surface area (TPSA) is 34.4 Å². The first-order chi connectivity index (χ1) is 8.85. The quantitative estimate of drug-likeness (QED) is 0.843. The molecule has 2 rings (SSSR count). The summed E-state index contributed by atoms with van der Waals surface area (Å²) in [6.07, 6.45) is 7.45. The van der Waals surface area contributed by atoms with E-state index in [2.05, 4.69) is 25.2 Å². The Morgan fingerprint density at radius 2 is 2.28 bits per heavy atom. The van der Waals surface area contributed by atoms with Crippen molar-refractivity contribution in [1.82, 2.24) is 5.32 Å². The predicted molar refractivity (Wildman–Crippen MR) is 72.7 cm³/mol. The van der Waals surface area contributed by atoms with Crippen LogP contribution in [0, 0.1) is 5.92 Å². The van der Waals surface area contributed by atoms with Crippen LogP contribution in [0.2, 0.25) is 0 Å². The van der Waals surface area contributed by atoms with Gasteiger partial charge in [-0.3, -0.25) is 0 Å². The van der Waals surface area contributed by atoms with E-state index < -0.39 is 0 Å². The minimum Gasteiger partial charge on any atom is -0.472 e. The van der Waals surface area contributed by atoms with E-state index in [4.69, 9.17) is 9.15 Å². The van der Waals surface area contributed by atoms with E-state index in [1.54, 1.807) is 6.26 Å². The molecule has 0 unspecified atom stereocenters. The summed E-state index contributed by atoms with van der Waals surface area (Å²) in [6.45, 7) is 7.39.